The van der Waals surface area contributed by atoms with Gasteiger partial charge in [-0.05, 0) is 44.7 Å². The summed E-state index contributed by atoms with van der Waals surface area (Å²) in [6.07, 6.45) is 4.77. The molecular weight excluding hydrogens is 425 g/mol. The predicted molar refractivity (Wildman–Crippen MR) is 118 cm³/mol. The number of benzene rings is 1. The number of hydrogen-bond acceptors (Lipinski definition) is 5. The number of nitrogens with one attached hydrogen (secondary N) is 1. The third kappa shape index (κ3) is 3.99. The molecule has 0 spiro atoms. The Morgan fingerprint density at radius 3 is 2.58 bits per heavy atom. The summed E-state index contributed by atoms with van der Waals surface area (Å²) in [5.41, 5.74) is -0.264. The van der Waals surface area contributed by atoms with E-state index < -0.39 is 17.2 Å². The molecule has 2 fully saturated rings. The molecule has 1 aromatic carbocycles. The second-order valence-corrected chi connectivity index (χ2v) is 8.91. The van der Waals surface area contributed by atoms with Crippen LogP contribution in [0.4, 0.5) is 10.1 Å². The van der Waals surface area contributed by atoms with Crippen LogP contribution in [0.3, 0.4) is 0 Å². The minimum absolute atomic E-state index is 0.0185. The van der Waals surface area contributed by atoms with Crippen LogP contribution in [0.2, 0.25) is 0 Å². The Hall–Kier alpha value is -2.32. The summed E-state index contributed by atoms with van der Waals surface area (Å²) < 4.78 is 22.8. The zero-order valence-electron chi connectivity index (χ0n) is 17.7. The number of pyridine rings is 1. The summed E-state index contributed by atoms with van der Waals surface area (Å²) in [6.45, 7) is 1.97. The summed E-state index contributed by atoms with van der Waals surface area (Å²) in [5, 5.41) is 12.6. The molecule has 2 N–H and O–H groups in total. The fourth-order valence-electron chi connectivity index (χ4n) is 4.57. The highest BCUT2D eigenvalue weighted by Crippen LogP contribution is 2.44. The molecule has 31 heavy (non-hydrogen) atoms. The molecule has 2 aromatic rings. The highest BCUT2D eigenvalue weighted by Gasteiger charge is 2.33. The molecule has 0 bridgehead atoms. The quantitative estimate of drug-likeness (QED) is 0.629. The number of rotatable bonds is 7. The van der Waals surface area contributed by atoms with Gasteiger partial charge < -0.3 is 24.6 Å². The average Bonchev–Trinajstić information content (AvgIpc) is 3.59. The van der Waals surface area contributed by atoms with Gasteiger partial charge in [0, 0.05) is 37.3 Å². The van der Waals surface area contributed by atoms with E-state index in [-0.39, 0.29) is 28.1 Å². The molecule has 1 aliphatic carbocycles. The van der Waals surface area contributed by atoms with E-state index in [0.29, 0.717) is 30.2 Å². The molecule has 4 rings (SSSR count). The molecule has 1 atom stereocenters. The van der Waals surface area contributed by atoms with E-state index in [2.05, 4.69) is 5.32 Å². The summed E-state index contributed by atoms with van der Waals surface area (Å²) in [6, 6.07) is 1.25. The van der Waals surface area contributed by atoms with E-state index in [4.69, 9.17) is 16.3 Å². The van der Waals surface area contributed by atoms with E-state index in [1.54, 1.807) is 4.57 Å². The van der Waals surface area contributed by atoms with Crippen molar-refractivity contribution < 1.29 is 19.0 Å². The molecule has 9 heteroatoms. The Labute approximate surface area is 184 Å². The van der Waals surface area contributed by atoms with Gasteiger partial charge in [0.2, 0.25) is 5.43 Å². The van der Waals surface area contributed by atoms with Gasteiger partial charge in [-0.25, -0.2) is 9.18 Å². The van der Waals surface area contributed by atoms with Crippen LogP contribution in [0.25, 0.3) is 10.9 Å². The van der Waals surface area contributed by atoms with E-state index in [1.165, 1.54) is 13.3 Å². The fourth-order valence-corrected chi connectivity index (χ4v) is 4.98. The van der Waals surface area contributed by atoms with Crippen molar-refractivity contribution in [1.82, 2.24) is 9.88 Å². The van der Waals surface area contributed by atoms with Crippen molar-refractivity contribution in [2.45, 2.75) is 37.1 Å². The fraction of sp³-hybridized carbons (Fsp3) is 0.545. The molecule has 1 unspecified atom stereocenters. The van der Waals surface area contributed by atoms with E-state index in [1.807, 2.05) is 11.9 Å². The predicted octanol–water partition coefficient (Wildman–Crippen LogP) is 3.23. The number of piperidine rings is 1. The molecule has 0 amide bonds. The lowest BCUT2D eigenvalue weighted by molar-refractivity contribution is 0.0695. The summed E-state index contributed by atoms with van der Waals surface area (Å²) in [4.78, 5) is 26.3. The summed E-state index contributed by atoms with van der Waals surface area (Å²) >= 11 is 6.48. The Kier molecular flexibility index (Phi) is 6.12. The van der Waals surface area contributed by atoms with Crippen LogP contribution in [0.15, 0.2) is 17.1 Å². The molecule has 1 saturated heterocycles. The molecule has 168 valence electrons. The van der Waals surface area contributed by atoms with Crippen LogP contribution < -0.4 is 20.4 Å². The summed E-state index contributed by atoms with van der Waals surface area (Å²) in [5.74, 6) is -1.28. The number of halogens is 2. The standard InChI is InChI=1S/C22H27ClFN3O4/c1-25-10-16(23)12-5-7-26(8-6-12)19-17(24)9-14-18(21(19)31-2)27(13-3-4-13)11-15(20(14)28)22(29)30/h9,11-13,16,25H,3-8,10H2,1-2H3,(H,29,30). The highest BCUT2D eigenvalue weighted by molar-refractivity contribution is 6.21. The van der Waals surface area contributed by atoms with Crippen LogP contribution in [0.5, 0.6) is 5.75 Å². The number of carbonyl (C=O) groups is 1. The number of ether oxygens (including phenoxy) is 1. The lowest BCUT2D eigenvalue weighted by atomic mass is 9.92. The van der Waals surface area contributed by atoms with Crippen molar-refractivity contribution in [2.75, 3.05) is 38.7 Å². The van der Waals surface area contributed by atoms with Crippen LogP contribution in [-0.4, -0.2) is 54.8 Å². The molecule has 1 saturated carbocycles. The third-order valence-electron chi connectivity index (χ3n) is 6.34. The lowest BCUT2D eigenvalue weighted by Gasteiger charge is -2.36. The lowest BCUT2D eigenvalue weighted by Crippen LogP contribution is -2.39. The van der Waals surface area contributed by atoms with E-state index >= 15 is 4.39 Å². The number of nitrogens with zero attached hydrogens (tertiary/aromatic N) is 2. The minimum Gasteiger partial charge on any atom is -0.492 e. The first kappa shape index (κ1) is 21.9. The first-order valence-electron chi connectivity index (χ1n) is 10.6. The smallest absolute Gasteiger partial charge is 0.341 e. The van der Waals surface area contributed by atoms with Gasteiger partial charge in [0.15, 0.2) is 11.6 Å². The van der Waals surface area contributed by atoms with Gasteiger partial charge in [-0.2, -0.15) is 0 Å². The average molecular weight is 452 g/mol. The molecule has 1 aromatic heterocycles. The number of carboxylic acids is 1. The molecule has 7 nitrogen and oxygen atoms in total. The largest absolute Gasteiger partial charge is 0.492 e. The monoisotopic (exact) mass is 451 g/mol. The van der Waals surface area contributed by atoms with Crippen molar-refractivity contribution >= 4 is 34.2 Å². The highest BCUT2D eigenvalue weighted by atomic mass is 35.5. The Balaban J connectivity index is 1.80. The number of aromatic nitrogens is 1. The number of aromatic carboxylic acids is 1. The topological polar surface area (TPSA) is 83.8 Å². The maximum Gasteiger partial charge on any atom is 0.341 e. The number of hydrogen-bond donors (Lipinski definition) is 2. The molecular formula is C22H27ClFN3O4. The van der Waals surface area contributed by atoms with E-state index in [0.717, 1.165) is 38.3 Å². The maximum atomic E-state index is 15.3. The Morgan fingerprint density at radius 2 is 2.03 bits per heavy atom. The van der Waals surface area contributed by atoms with Crippen LogP contribution in [-0.2, 0) is 0 Å². The van der Waals surface area contributed by atoms with Gasteiger partial charge >= 0.3 is 5.97 Å². The number of anilines is 1. The van der Waals surface area contributed by atoms with Gasteiger partial charge in [-0.15, -0.1) is 11.6 Å². The van der Waals surface area contributed by atoms with Gasteiger partial charge in [-0.1, -0.05) is 0 Å². The number of carboxylic acid groups (broad SMARTS) is 1. The minimum atomic E-state index is -1.32. The molecule has 2 aliphatic rings. The van der Waals surface area contributed by atoms with Crippen LogP contribution in [0.1, 0.15) is 42.1 Å². The maximum absolute atomic E-state index is 15.3. The van der Waals surface area contributed by atoms with Gasteiger partial charge in [0.25, 0.3) is 0 Å². The first-order valence-corrected chi connectivity index (χ1v) is 11.0. The third-order valence-corrected chi connectivity index (χ3v) is 6.85. The van der Waals surface area contributed by atoms with Gasteiger partial charge in [-0.3, -0.25) is 4.79 Å². The normalized spacial score (nSPS) is 18.4. The zero-order valence-corrected chi connectivity index (χ0v) is 18.4. The van der Waals surface area contributed by atoms with Gasteiger partial charge in [0.1, 0.15) is 11.3 Å². The van der Waals surface area contributed by atoms with E-state index in [9.17, 15) is 14.7 Å². The second-order valence-electron chi connectivity index (χ2n) is 8.35. The van der Waals surface area contributed by atoms with Crippen molar-refractivity contribution in [3.8, 4) is 5.75 Å². The number of alkyl halides is 1. The Bertz CT molecular complexity index is 1060. The van der Waals surface area contributed by atoms with Crippen molar-refractivity contribution in [3.05, 3.63) is 33.9 Å². The van der Waals surface area contributed by atoms with Crippen molar-refractivity contribution in [3.63, 3.8) is 0 Å². The molecule has 0 radical (unpaired) electrons. The zero-order chi connectivity index (χ0) is 22.3. The van der Waals surface area contributed by atoms with Crippen LogP contribution in [0, 0.1) is 11.7 Å². The van der Waals surface area contributed by atoms with Crippen molar-refractivity contribution in [1.29, 1.82) is 0 Å². The first-order chi connectivity index (χ1) is 14.9. The summed E-state index contributed by atoms with van der Waals surface area (Å²) in [7, 11) is 3.33. The Morgan fingerprint density at radius 1 is 1.35 bits per heavy atom. The van der Waals surface area contributed by atoms with Gasteiger partial charge in [0.05, 0.1) is 18.0 Å². The van der Waals surface area contributed by atoms with Crippen LogP contribution >= 0.6 is 11.6 Å². The number of methoxy groups -OCH3 is 1. The van der Waals surface area contributed by atoms with Crippen molar-refractivity contribution in [2.24, 2.45) is 5.92 Å². The molecule has 1 aliphatic heterocycles. The molecule has 2 heterocycles. The SMILES string of the molecule is CNCC(Cl)C1CCN(c2c(F)cc3c(=O)c(C(=O)O)cn(C4CC4)c3c2OC)CC1. The second kappa shape index (κ2) is 8.67. The number of fused-ring (bicyclic) bond motifs is 1.